The lowest BCUT2D eigenvalue weighted by molar-refractivity contribution is 0.0845. The maximum atomic E-state index is 11.6. The van der Waals surface area contributed by atoms with E-state index in [-0.39, 0.29) is 5.91 Å². The van der Waals surface area contributed by atoms with Gasteiger partial charge in [0.2, 0.25) is 0 Å². The molecule has 1 rings (SSSR count). The number of nitrogens with one attached hydrogen (secondary N) is 1. The first-order valence-corrected chi connectivity index (χ1v) is 4.12. The van der Waals surface area contributed by atoms with E-state index in [0.29, 0.717) is 5.69 Å². The number of aryl methyl sites for hydroxylation is 2. The molecule has 0 aliphatic carbocycles. The summed E-state index contributed by atoms with van der Waals surface area (Å²) in [6, 6.07) is 1.95. The number of aromatic nitrogens is 1. The van der Waals surface area contributed by atoms with Crippen molar-refractivity contribution >= 4 is 5.91 Å². The predicted octanol–water partition coefficient (Wildman–Crippen LogP) is 1.85. The van der Waals surface area contributed by atoms with E-state index in [9.17, 15) is 4.79 Å². The molecule has 0 saturated carbocycles. The summed E-state index contributed by atoms with van der Waals surface area (Å²) in [5, 5.41) is 0. The van der Waals surface area contributed by atoms with Crippen molar-refractivity contribution in [2.24, 2.45) is 0 Å². The van der Waals surface area contributed by atoms with Gasteiger partial charge in [-0.15, -0.1) is 0 Å². The fourth-order valence-corrected chi connectivity index (χ4v) is 1.21. The summed E-state index contributed by atoms with van der Waals surface area (Å²) in [5.41, 5.74) is 2.61. The lowest BCUT2D eigenvalue weighted by atomic mass is 10.2. The maximum absolute atomic E-state index is 11.6. The molecule has 70 valence electrons. The van der Waals surface area contributed by atoms with Crippen molar-refractivity contribution in [3.8, 4) is 0 Å². The highest BCUT2D eigenvalue weighted by atomic mass is 16.2. The second kappa shape index (κ2) is 3.47. The SMILES string of the molecule is C=CN(C)C(=O)c1[nH]c(C)cc1C. The maximum Gasteiger partial charge on any atom is 0.274 e. The Balaban J connectivity index is 3.01. The van der Waals surface area contributed by atoms with Gasteiger partial charge in [-0.3, -0.25) is 4.79 Å². The largest absolute Gasteiger partial charge is 0.354 e. The average Bonchev–Trinajstić information content (AvgIpc) is 2.42. The molecule has 1 heterocycles. The molecule has 3 heteroatoms. The van der Waals surface area contributed by atoms with Crippen LogP contribution >= 0.6 is 0 Å². The second-order valence-electron chi connectivity index (χ2n) is 3.11. The molecule has 0 fully saturated rings. The second-order valence-corrected chi connectivity index (χ2v) is 3.11. The molecule has 0 aromatic carbocycles. The third-order valence-corrected chi connectivity index (χ3v) is 1.96. The van der Waals surface area contributed by atoms with Crippen LogP contribution < -0.4 is 0 Å². The average molecular weight is 178 g/mol. The number of nitrogens with zero attached hydrogens (tertiary/aromatic N) is 1. The van der Waals surface area contributed by atoms with Crippen molar-refractivity contribution < 1.29 is 4.79 Å². The zero-order chi connectivity index (χ0) is 10.0. The molecule has 0 bridgehead atoms. The molecule has 1 aromatic rings. The van der Waals surface area contributed by atoms with Crippen LogP contribution in [0, 0.1) is 13.8 Å². The Morgan fingerprint density at radius 2 is 2.23 bits per heavy atom. The molecule has 0 saturated heterocycles. The minimum atomic E-state index is -0.0550. The van der Waals surface area contributed by atoms with Gasteiger partial charge in [-0.25, -0.2) is 0 Å². The summed E-state index contributed by atoms with van der Waals surface area (Å²) in [6.07, 6.45) is 1.50. The fourth-order valence-electron chi connectivity index (χ4n) is 1.21. The Hall–Kier alpha value is -1.51. The number of carbonyl (C=O) groups is 1. The zero-order valence-corrected chi connectivity index (χ0v) is 8.22. The van der Waals surface area contributed by atoms with E-state index < -0.39 is 0 Å². The van der Waals surface area contributed by atoms with E-state index in [1.807, 2.05) is 19.9 Å². The third kappa shape index (κ3) is 1.80. The highest BCUT2D eigenvalue weighted by Crippen LogP contribution is 2.10. The number of hydrogen-bond acceptors (Lipinski definition) is 1. The first kappa shape index (κ1) is 9.58. The van der Waals surface area contributed by atoms with Crippen molar-refractivity contribution in [3.05, 3.63) is 35.8 Å². The van der Waals surface area contributed by atoms with Gasteiger partial charge in [0.1, 0.15) is 5.69 Å². The smallest absolute Gasteiger partial charge is 0.274 e. The van der Waals surface area contributed by atoms with Gasteiger partial charge in [-0.2, -0.15) is 0 Å². The molecule has 13 heavy (non-hydrogen) atoms. The number of rotatable bonds is 2. The minimum Gasteiger partial charge on any atom is -0.354 e. The molecule has 0 spiro atoms. The standard InChI is InChI=1S/C10H14N2O/c1-5-12(4)10(13)9-7(2)6-8(3)11-9/h5-6,11H,1H2,2-4H3. The van der Waals surface area contributed by atoms with Crippen LogP contribution in [0.5, 0.6) is 0 Å². The molecule has 3 nitrogen and oxygen atoms in total. The van der Waals surface area contributed by atoms with Crippen molar-refractivity contribution in [1.29, 1.82) is 0 Å². The quantitative estimate of drug-likeness (QED) is 0.737. The Bertz CT molecular complexity index is 339. The van der Waals surface area contributed by atoms with Crippen LogP contribution in [0.2, 0.25) is 0 Å². The van der Waals surface area contributed by atoms with Crippen LogP contribution in [-0.4, -0.2) is 22.8 Å². The first-order valence-electron chi connectivity index (χ1n) is 4.12. The van der Waals surface area contributed by atoms with Gasteiger partial charge in [-0.1, -0.05) is 6.58 Å². The van der Waals surface area contributed by atoms with E-state index in [0.717, 1.165) is 11.3 Å². The lowest BCUT2D eigenvalue weighted by Crippen LogP contribution is -2.21. The summed E-state index contributed by atoms with van der Waals surface area (Å²) in [6.45, 7) is 7.37. The van der Waals surface area contributed by atoms with Crippen LogP contribution in [0.15, 0.2) is 18.8 Å². The van der Waals surface area contributed by atoms with Crippen LogP contribution in [-0.2, 0) is 0 Å². The van der Waals surface area contributed by atoms with Gasteiger partial charge in [0.05, 0.1) is 0 Å². The Labute approximate surface area is 78.1 Å². The molecule has 0 aliphatic rings. The normalized spacial score (nSPS) is 9.77. The molecule has 1 amide bonds. The third-order valence-electron chi connectivity index (χ3n) is 1.96. The summed E-state index contributed by atoms with van der Waals surface area (Å²) in [4.78, 5) is 16.1. The summed E-state index contributed by atoms with van der Waals surface area (Å²) in [7, 11) is 1.69. The number of amides is 1. The van der Waals surface area contributed by atoms with E-state index >= 15 is 0 Å². The first-order chi connectivity index (χ1) is 6.06. The lowest BCUT2D eigenvalue weighted by Gasteiger charge is -2.10. The number of H-pyrrole nitrogens is 1. The van der Waals surface area contributed by atoms with Crippen molar-refractivity contribution in [2.75, 3.05) is 7.05 Å². The topological polar surface area (TPSA) is 36.1 Å². The summed E-state index contributed by atoms with van der Waals surface area (Å²) in [5.74, 6) is -0.0550. The molecule has 1 aromatic heterocycles. The van der Waals surface area contributed by atoms with Crippen molar-refractivity contribution in [3.63, 3.8) is 0 Å². The van der Waals surface area contributed by atoms with Crippen molar-refractivity contribution in [2.45, 2.75) is 13.8 Å². The Morgan fingerprint density at radius 1 is 1.62 bits per heavy atom. The van der Waals surface area contributed by atoms with Crippen LogP contribution in [0.1, 0.15) is 21.7 Å². The number of aromatic amines is 1. The van der Waals surface area contributed by atoms with Crippen LogP contribution in [0.25, 0.3) is 0 Å². The van der Waals surface area contributed by atoms with Gasteiger partial charge in [0, 0.05) is 12.7 Å². The molecular formula is C10H14N2O. The molecule has 0 atom stereocenters. The number of hydrogen-bond donors (Lipinski definition) is 1. The van der Waals surface area contributed by atoms with E-state index in [1.54, 1.807) is 7.05 Å². The van der Waals surface area contributed by atoms with E-state index in [1.165, 1.54) is 11.1 Å². The minimum absolute atomic E-state index is 0.0550. The van der Waals surface area contributed by atoms with Crippen LogP contribution in [0.4, 0.5) is 0 Å². The van der Waals surface area contributed by atoms with Gasteiger partial charge in [0.15, 0.2) is 0 Å². The van der Waals surface area contributed by atoms with Gasteiger partial charge >= 0.3 is 0 Å². The molecule has 0 unspecified atom stereocenters. The molecule has 0 radical (unpaired) electrons. The van der Waals surface area contributed by atoms with E-state index in [2.05, 4.69) is 11.6 Å². The summed E-state index contributed by atoms with van der Waals surface area (Å²) >= 11 is 0. The number of carbonyl (C=O) groups excluding carboxylic acids is 1. The fraction of sp³-hybridized carbons (Fsp3) is 0.300. The zero-order valence-electron chi connectivity index (χ0n) is 8.22. The molecular weight excluding hydrogens is 164 g/mol. The Kier molecular flexibility index (Phi) is 2.56. The van der Waals surface area contributed by atoms with Gasteiger partial charge < -0.3 is 9.88 Å². The van der Waals surface area contributed by atoms with Crippen LogP contribution in [0.3, 0.4) is 0 Å². The van der Waals surface area contributed by atoms with Gasteiger partial charge in [0.25, 0.3) is 5.91 Å². The predicted molar refractivity (Wildman–Crippen MR) is 52.6 cm³/mol. The highest BCUT2D eigenvalue weighted by molar-refractivity contribution is 5.94. The van der Waals surface area contributed by atoms with Crippen molar-refractivity contribution in [1.82, 2.24) is 9.88 Å². The molecule has 0 aliphatic heterocycles. The monoisotopic (exact) mass is 178 g/mol. The highest BCUT2D eigenvalue weighted by Gasteiger charge is 2.13. The summed E-state index contributed by atoms with van der Waals surface area (Å²) < 4.78 is 0. The van der Waals surface area contributed by atoms with E-state index in [4.69, 9.17) is 0 Å². The Morgan fingerprint density at radius 3 is 2.62 bits per heavy atom. The van der Waals surface area contributed by atoms with Gasteiger partial charge in [-0.05, 0) is 31.7 Å². The molecule has 1 N–H and O–H groups in total.